The van der Waals surface area contributed by atoms with Crippen molar-refractivity contribution in [3.05, 3.63) is 11.6 Å². The lowest BCUT2D eigenvalue weighted by molar-refractivity contribution is 0.322. The second-order valence-corrected chi connectivity index (χ2v) is 4.15. The van der Waals surface area contributed by atoms with Gasteiger partial charge in [-0.3, -0.25) is 0 Å². The van der Waals surface area contributed by atoms with Crippen molar-refractivity contribution >= 4 is 0 Å². The zero-order valence-corrected chi connectivity index (χ0v) is 8.70. The van der Waals surface area contributed by atoms with Crippen molar-refractivity contribution in [1.82, 2.24) is 0 Å². The molecule has 0 unspecified atom stereocenters. The molecule has 0 aliphatic rings. The van der Waals surface area contributed by atoms with Crippen LogP contribution in [0.3, 0.4) is 0 Å². The standard InChI is InChI=1S/C11H22/c1-6-10(3)8-9-11(4,5)7-2/h6H,7-9H2,1-5H3. The summed E-state index contributed by atoms with van der Waals surface area (Å²) in [5, 5.41) is 0. The van der Waals surface area contributed by atoms with Gasteiger partial charge in [-0.1, -0.05) is 38.8 Å². The molecule has 0 fully saturated rings. The lowest BCUT2D eigenvalue weighted by Gasteiger charge is -2.22. The molecule has 0 atom stereocenters. The fraction of sp³-hybridized carbons (Fsp3) is 0.818. The third-order valence-corrected chi connectivity index (χ3v) is 2.65. The smallest absolute Gasteiger partial charge is 0.0318 e. The Hall–Kier alpha value is -0.260. The fourth-order valence-electron chi connectivity index (χ4n) is 0.857. The zero-order chi connectivity index (χ0) is 8.91. The number of rotatable bonds is 4. The van der Waals surface area contributed by atoms with Crippen LogP contribution in [0, 0.1) is 5.41 Å². The van der Waals surface area contributed by atoms with Gasteiger partial charge >= 0.3 is 0 Å². The van der Waals surface area contributed by atoms with Crippen molar-refractivity contribution in [3.63, 3.8) is 0 Å². The molecule has 0 aromatic rings. The molecule has 0 saturated heterocycles. The lowest BCUT2D eigenvalue weighted by Crippen LogP contribution is -2.08. The molecule has 0 N–H and O–H groups in total. The highest BCUT2D eigenvalue weighted by Crippen LogP contribution is 2.27. The Morgan fingerprint density at radius 3 is 2.27 bits per heavy atom. The van der Waals surface area contributed by atoms with E-state index in [9.17, 15) is 0 Å². The van der Waals surface area contributed by atoms with Gasteiger partial charge in [0.25, 0.3) is 0 Å². The van der Waals surface area contributed by atoms with Crippen LogP contribution >= 0.6 is 0 Å². The minimum atomic E-state index is 0.532. The summed E-state index contributed by atoms with van der Waals surface area (Å²) >= 11 is 0. The Kier molecular flexibility index (Phi) is 4.48. The van der Waals surface area contributed by atoms with E-state index in [2.05, 4.69) is 40.7 Å². The van der Waals surface area contributed by atoms with E-state index in [4.69, 9.17) is 0 Å². The van der Waals surface area contributed by atoms with Crippen LogP contribution in [0.15, 0.2) is 11.6 Å². The molecule has 0 saturated carbocycles. The van der Waals surface area contributed by atoms with Gasteiger partial charge in [-0.15, -0.1) is 0 Å². The summed E-state index contributed by atoms with van der Waals surface area (Å²) in [5.41, 5.74) is 2.05. The van der Waals surface area contributed by atoms with E-state index in [1.165, 1.54) is 24.8 Å². The third-order valence-electron chi connectivity index (χ3n) is 2.65. The highest BCUT2D eigenvalue weighted by Gasteiger charge is 2.13. The summed E-state index contributed by atoms with van der Waals surface area (Å²) in [6.07, 6.45) is 6.08. The van der Waals surface area contributed by atoms with Crippen LogP contribution in [0.2, 0.25) is 0 Å². The van der Waals surface area contributed by atoms with E-state index in [1.54, 1.807) is 0 Å². The summed E-state index contributed by atoms with van der Waals surface area (Å²) in [5.74, 6) is 0. The highest BCUT2D eigenvalue weighted by molar-refractivity contribution is 4.96. The maximum atomic E-state index is 2.34. The Labute approximate surface area is 71.7 Å². The SMILES string of the molecule is CC=C(C)CCC(C)(C)CC. The Bertz CT molecular complexity index is 129. The average Bonchev–Trinajstić information content (AvgIpc) is 2.00. The summed E-state index contributed by atoms with van der Waals surface area (Å²) in [4.78, 5) is 0. The predicted molar refractivity (Wildman–Crippen MR) is 52.7 cm³/mol. The molecule has 0 aliphatic carbocycles. The zero-order valence-electron chi connectivity index (χ0n) is 8.70. The summed E-state index contributed by atoms with van der Waals surface area (Å²) < 4.78 is 0. The minimum absolute atomic E-state index is 0.532. The molecule has 0 amide bonds. The molecule has 0 aromatic carbocycles. The van der Waals surface area contributed by atoms with Crippen LogP contribution in [0.4, 0.5) is 0 Å². The van der Waals surface area contributed by atoms with Gasteiger partial charge in [0, 0.05) is 0 Å². The number of hydrogen-bond donors (Lipinski definition) is 0. The molecule has 0 heterocycles. The van der Waals surface area contributed by atoms with Gasteiger partial charge in [0.15, 0.2) is 0 Å². The normalized spacial score (nSPS) is 13.7. The molecule has 0 rings (SSSR count). The van der Waals surface area contributed by atoms with Crippen molar-refractivity contribution in [1.29, 1.82) is 0 Å². The maximum Gasteiger partial charge on any atom is -0.0318 e. The molecule has 0 bridgehead atoms. The topological polar surface area (TPSA) is 0 Å². The van der Waals surface area contributed by atoms with Crippen LogP contribution in [0.1, 0.15) is 53.9 Å². The fourth-order valence-corrected chi connectivity index (χ4v) is 0.857. The third kappa shape index (κ3) is 5.06. The molecule has 0 nitrogen and oxygen atoms in total. The van der Waals surface area contributed by atoms with Crippen molar-refractivity contribution in [2.75, 3.05) is 0 Å². The first-order valence-electron chi connectivity index (χ1n) is 4.63. The molecule has 0 radical (unpaired) electrons. The predicted octanol–water partition coefficient (Wildman–Crippen LogP) is 4.17. The molecule has 11 heavy (non-hydrogen) atoms. The molecule has 0 aliphatic heterocycles. The first kappa shape index (κ1) is 10.7. The van der Waals surface area contributed by atoms with Gasteiger partial charge < -0.3 is 0 Å². The quantitative estimate of drug-likeness (QED) is 0.533. The van der Waals surface area contributed by atoms with Crippen molar-refractivity contribution in [2.24, 2.45) is 5.41 Å². The first-order chi connectivity index (χ1) is 5.02. The first-order valence-corrected chi connectivity index (χ1v) is 4.63. The van der Waals surface area contributed by atoms with E-state index in [-0.39, 0.29) is 0 Å². The van der Waals surface area contributed by atoms with E-state index in [1.807, 2.05) is 0 Å². The van der Waals surface area contributed by atoms with Crippen LogP contribution in [-0.4, -0.2) is 0 Å². The monoisotopic (exact) mass is 154 g/mol. The van der Waals surface area contributed by atoms with E-state index >= 15 is 0 Å². The molecular formula is C11H22. The molecule has 66 valence electrons. The highest BCUT2D eigenvalue weighted by atomic mass is 14.2. The van der Waals surface area contributed by atoms with Crippen molar-refractivity contribution in [2.45, 2.75) is 53.9 Å². The Balaban J connectivity index is 3.70. The van der Waals surface area contributed by atoms with E-state index < -0.39 is 0 Å². The summed E-state index contributed by atoms with van der Waals surface area (Å²) in [6, 6.07) is 0. The lowest BCUT2D eigenvalue weighted by atomic mass is 9.84. The van der Waals surface area contributed by atoms with Crippen molar-refractivity contribution < 1.29 is 0 Å². The van der Waals surface area contributed by atoms with Gasteiger partial charge in [0.1, 0.15) is 0 Å². The molecule has 0 spiro atoms. The van der Waals surface area contributed by atoms with Gasteiger partial charge in [-0.2, -0.15) is 0 Å². The second-order valence-electron chi connectivity index (χ2n) is 4.15. The Morgan fingerprint density at radius 1 is 1.36 bits per heavy atom. The van der Waals surface area contributed by atoms with Gasteiger partial charge in [0.05, 0.1) is 0 Å². The molecular weight excluding hydrogens is 132 g/mol. The van der Waals surface area contributed by atoms with Crippen LogP contribution < -0.4 is 0 Å². The second kappa shape index (κ2) is 4.58. The van der Waals surface area contributed by atoms with Gasteiger partial charge in [-0.05, 0) is 32.1 Å². The van der Waals surface area contributed by atoms with Gasteiger partial charge in [0.2, 0.25) is 0 Å². The Morgan fingerprint density at radius 2 is 1.91 bits per heavy atom. The molecule has 0 aromatic heterocycles. The number of hydrogen-bond acceptors (Lipinski definition) is 0. The maximum absolute atomic E-state index is 2.34. The van der Waals surface area contributed by atoms with Crippen LogP contribution in [0.5, 0.6) is 0 Å². The van der Waals surface area contributed by atoms with Gasteiger partial charge in [-0.25, -0.2) is 0 Å². The summed E-state index contributed by atoms with van der Waals surface area (Å²) in [7, 11) is 0. The molecule has 0 heteroatoms. The number of allylic oxidation sites excluding steroid dienone is 2. The van der Waals surface area contributed by atoms with Crippen LogP contribution in [-0.2, 0) is 0 Å². The largest absolute Gasteiger partial charge is 0.0887 e. The van der Waals surface area contributed by atoms with Crippen LogP contribution in [0.25, 0.3) is 0 Å². The van der Waals surface area contributed by atoms with E-state index in [0.717, 1.165) is 0 Å². The van der Waals surface area contributed by atoms with Crippen molar-refractivity contribution in [3.8, 4) is 0 Å². The average molecular weight is 154 g/mol. The minimum Gasteiger partial charge on any atom is -0.0887 e. The summed E-state index contributed by atoms with van der Waals surface area (Å²) in [6.45, 7) is 11.3. The van der Waals surface area contributed by atoms with E-state index in [0.29, 0.717) is 5.41 Å².